The summed E-state index contributed by atoms with van der Waals surface area (Å²) in [6, 6.07) is -0.592. The third kappa shape index (κ3) is 11.5. The van der Waals surface area contributed by atoms with Crippen LogP contribution in [0, 0.1) is 0 Å². The Morgan fingerprint density at radius 2 is 1.21 bits per heavy atom. The van der Waals surface area contributed by atoms with Gasteiger partial charge in [0, 0.05) is 51.0 Å². The van der Waals surface area contributed by atoms with Gasteiger partial charge in [0.05, 0.1) is 6.04 Å². The molecule has 9 nitrogen and oxygen atoms in total. The van der Waals surface area contributed by atoms with Crippen molar-refractivity contribution in [2.45, 2.75) is 57.5 Å². The second-order valence-corrected chi connectivity index (χ2v) is 7.39. The van der Waals surface area contributed by atoms with Crippen molar-refractivity contribution in [3.63, 3.8) is 0 Å². The first-order chi connectivity index (χ1) is 14.0. The highest BCUT2D eigenvalue weighted by Crippen LogP contribution is 2.14. The van der Waals surface area contributed by atoms with Gasteiger partial charge in [-0.1, -0.05) is 18.9 Å². The van der Waals surface area contributed by atoms with Crippen LogP contribution >= 0.6 is 0 Å². The molecule has 0 aliphatic heterocycles. The molecule has 1 amide bonds. The molecule has 0 aliphatic carbocycles. The van der Waals surface area contributed by atoms with Crippen LogP contribution in [0.25, 0.3) is 0 Å². The summed E-state index contributed by atoms with van der Waals surface area (Å²) >= 11 is 0. The second-order valence-electron chi connectivity index (χ2n) is 7.39. The lowest BCUT2D eigenvalue weighted by molar-refractivity contribution is -0.132. The molecule has 0 heterocycles. The van der Waals surface area contributed by atoms with Crippen LogP contribution in [0.5, 0.6) is 0 Å². The lowest BCUT2D eigenvalue weighted by Gasteiger charge is -2.34. The van der Waals surface area contributed by atoms with E-state index in [1.165, 1.54) is 0 Å². The summed E-state index contributed by atoms with van der Waals surface area (Å²) < 4.78 is 0. The topological polar surface area (TPSA) is 180 Å². The summed E-state index contributed by atoms with van der Waals surface area (Å²) in [6.45, 7) is 6.51. The van der Waals surface area contributed by atoms with Crippen LogP contribution in [0.4, 0.5) is 0 Å². The van der Waals surface area contributed by atoms with Crippen molar-refractivity contribution >= 4 is 5.91 Å². The van der Waals surface area contributed by atoms with E-state index in [-0.39, 0.29) is 11.9 Å². The molecule has 29 heavy (non-hydrogen) atoms. The number of nitrogens with two attached hydrogens (primary N) is 6. The van der Waals surface area contributed by atoms with Crippen LogP contribution in [-0.4, -0.2) is 80.1 Å². The maximum absolute atomic E-state index is 12.8. The minimum Gasteiger partial charge on any atom is -0.371 e. The van der Waals surface area contributed by atoms with Crippen molar-refractivity contribution in [2.75, 3.05) is 52.4 Å². The molecule has 2 unspecified atom stereocenters. The summed E-state index contributed by atoms with van der Waals surface area (Å²) in [5, 5.41) is 0. The number of amides is 1. The number of hydrogen-bond donors (Lipinski definition) is 6. The first kappa shape index (κ1) is 27.8. The minimum atomic E-state index is -0.518. The molecule has 0 saturated heterocycles. The van der Waals surface area contributed by atoms with Gasteiger partial charge in [0.1, 0.15) is 0 Å². The molecular weight excluding hydrogens is 368 g/mol. The van der Waals surface area contributed by atoms with Gasteiger partial charge in [-0.15, -0.1) is 0 Å². The minimum absolute atomic E-state index is 0.0607. The average Bonchev–Trinajstić information content (AvgIpc) is 2.71. The highest BCUT2D eigenvalue weighted by molar-refractivity contribution is 5.81. The summed E-state index contributed by atoms with van der Waals surface area (Å²) in [6.07, 6.45) is 7.21. The number of hydrogen-bond acceptors (Lipinski definition) is 8. The third-order valence-electron chi connectivity index (χ3n) is 5.05. The number of nitrogens with zero attached hydrogens (tertiary/aromatic N) is 2. The van der Waals surface area contributed by atoms with Gasteiger partial charge in [0.15, 0.2) is 0 Å². The SMILES string of the molecule is C/C=C(\C(N)CCCCN)N(CCN)CCN(CCN)C(=O)C(N)CCCCN. The molecule has 0 spiro atoms. The summed E-state index contributed by atoms with van der Waals surface area (Å²) in [5.41, 5.74) is 36.2. The molecule has 0 aliphatic rings. The van der Waals surface area contributed by atoms with E-state index in [4.69, 9.17) is 34.4 Å². The van der Waals surface area contributed by atoms with Crippen molar-refractivity contribution in [3.8, 4) is 0 Å². The number of carbonyl (C=O) groups excluding carboxylic acids is 1. The van der Waals surface area contributed by atoms with E-state index in [0.717, 1.165) is 37.8 Å². The number of allylic oxidation sites excluding steroid dienone is 1. The second kappa shape index (κ2) is 17.6. The van der Waals surface area contributed by atoms with E-state index in [1.54, 1.807) is 4.90 Å². The van der Waals surface area contributed by atoms with Crippen LogP contribution in [-0.2, 0) is 4.79 Å². The van der Waals surface area contributed by atoms with Gasteiger partial charge in [-0.2, -0.15) is 0 Å². The van der Waals surface area contributed by atoms with Crippen molar-refractivity contribution in [1.82, 2.24) is 9.80 Å². The van der Waals surface area contributed by atoms with E-state index >= 15 is 0 Å². The molecule has 2 atom stereocenters. The molecule has 0 aromatic heterocycles. The Balaban J connectivity index is 4.96. The molecule has 0 aromatic carbocycles. The maximum atomic E-state index is 12.8. The molecule has 0 rings (SSSR count). The fraction of sp³-hybridized carbons (Fsp3) is 0.850. The van der Waals surface area contributed by atoms with Crippen molar-refractivity contribution in [3.05, 3.63) is 11.8 Å². The zero-order valence-electron chi connectivity index (χ0n) is 18.4. The van der Waals surface area contributed by atoms with Crippen LogP contribution in [0.15, 0.2) is 11.8 Å². The normalized spacial score (nSPS) is 14.0. The quantitative estimate of drug-likeness (QED) is 0.152. The number of rotatable bonds is 18. The zero-order chi connectivity index (χ0) is 22.1. The van der Waals surface area contributed by atoms with Gasteiger partial charge in [0.2, 0.25) is 5.91 Å². The molecular formula is C20H46N8O. The fourth-order valence-corrected chi connectivity index (χ4v) is 3.41. The first-order valence-corrected chi connectivity index (χ1v) is 11.0. The van der Waals surface area contributed by atoms with E-state index in [1.807, 2.05) is 13.0 Å². The molecule has 0 fully saturated rings. The van der Waals surface area contributed by atoms with Gasteiger partial charge < -0.3 is 44.2 Å². The Labute approximate surface area is 177 Å². The van der Waals surface area contributed by atoms with E-state index in [0.29, 0.717) is 58.8 Å². The largest absolute Gasteiger partial charge is 0.371 e. The molecule has 172 valence electrons. The highest BCUT2D eigenvalue weighted by atomic mass is 16.2. The molecule has 0 saturated carbocycles. The molecule has 0 aromatic rings. The average molecular weight is 415 g/mol. The Bertz CT molecular complexity index is 446. The smallest absolute Gasteiger partial charge is 0.239 e. The Morgan fingerprint density at radius 1 is 0.724 bits per heavy atom. The van der Waals surface area contributed by atoms with Gasteiger partial charge in [-0.3, -0.25) is 4.79 Å². The third-order valence-corrected chi connectivity index (χ3v) is 5.05. The van der Waals surface area contributed by atoms with Crippen LogP contribution in [0.1, 0.15) is 45.4 Å². The lowest BCUT2D eigenvalue weighted by atomic mass is 10.1. The molecule has 12 N–H and O–H groups in total. The van der Waals surface area contributed by atoms with Gasteiger partial charge >= 0.3 is 0 Å². The Morgan fingerprint density at radius 3 is 1.69 bits per heavy atom. The van der Waals surface area contributed by atoms with Crippen LogP contribution < -0.4 is 34.4 Å². The van der Waals surface area contributed by atoms with E-state index < -0.39 is 6.04 Å². The zero-order valence-corrected chi connectivity index (χ0v) is 18.4. The highest BCUT2D eigenvalue weighted by Gasteiger charge is 2.22. The van der Waals surface area contributed by atoms with Gasteiger partial charge in [-0.25, -0.2) is 0 Å². The number of carbonyl (C=O) groups is 1. The fourth-order valence-electron chi connectivity index (χ4n) is 3.41. The van der Waals surface area contributed by atoms with Crippen LogP contribution in [0.2, 0.25) is 0 Å². The predicted octanol–water partition coefficient (Wildman–Crippen LogP) is -1.15. The van der Waals surface area contributed by atoms with Crippen LogP contribution in [0.3, 0.4) is 0 Å². The molecule has 9 heteroatoms. The summed E-state index contributed by atoms with van der Waals surface area (Å²) in [4.78, 5) is 16.7. The Kier molecular flexibility index (Phi) is 16.9. The first-order valence-electron chi connectivity index (χ1n) is 11.0. The van der Waals surface area contributed by atoms with Crippen molar-refractivity contribution in [2.24, 2.45) is 34.4 Å². The van der Waals surface area contributed by atoms with E-state index in [2.05, 4.69) is 4.90 Å². The lowest BCUT2D eigenvalue weighted by Crippen LogP contribution is -2.49. The van der Waals surface area contributed by atoms with E-state index in [9.17, 15) is 4.79 Å². The van der Waals surface area contributed by atoms with Gasteiger partial charge in [0.25, 0.3) is 0 Å². The van der Waals surface area contributed by atoms with Crippen molar-refractivity contribution in [1.29, 1.82) is 0 Å². The maximum Gasteiger partial charge on any atom is 0.239 e. The van der Waals surface area contributed by atoms with Gasteiger partial charge in [-0.05, 0) is 45.7 Å². The molecule has 0 radical (unpaired) electrons. The molecule has 0 bridgehead atoms. The summed E-state index contributed by atoms with van der Waals surface area (Å²) in [5.74, 6) is -0.0607. The predicted molar refractivity (Wildman–Crippen MR) is 122 cm³/mol. The number of unbranched alkanes of at least 4 members (excludes halogenated alkanes) is 2. The monoisotopic (exact) mass is 414 g/mol. The van der Waals surface area contributed by atoms with Crippen molar-refractivity contribution < 1.29 is 4.79 Å². The Hall–Kier alpha value is -1.23. The standard InChI is InChI=1S/C20H46N8O/c1-2-19(17(25)7-3-5-9-21)27(13-11-23)15-16-28(14-12-24)20(29)18(26)8-4-6-10-22/h2,17-18H,3-16,21-26H2,1H3/b19-2+. The summed E-state index contributed by atoms with van der Waals surface area (Å²) in [7, 11) is 0.